The molecule has 0 fully saturated rings. The second-order valence-corrected chi connectivity index (χ2v) is 4.74. The van der Waals surface area contributed by atoms with Crippen LogP contribution in [0.2, 0.25) is 0 Å². The summed E-state index contributed by atoms with van der Waals surface area (Å²) in [7, 11) is 0. The number of H-pyrrole nitrogens is 1. The van der Waals surface area contributed by atoms with Crippen molar-refractivity contribution in [2.45, 2.75) is 13.5 Å². The van der Waals surface area contributed by atoms with Gasteiger partial charge in [0, 0.05) is 17.4 Å². The van der Waals surface area contributed by atoms with Crippen LogP contribution in [0, 0.1) is 12.7 Å². The molecule has 0 spiro atoms. The molecule has 3 aromatic rings. The quantitative estimate of drug-likeness (QED) is 0.718. The second kappa shape index (κ2) is 4.52. The minimum atomic E-state index is -0.231. The molecule has 0 bridgehead atoms. The first-order valence-corrected chi connectivity index (χ1v) is 6.26. The molecule has 0 unspecified atom stereocenters. The van der Waals surface area contributed by atoms with Gasteiger partial charge in [-0.05, 0) is 54.4 Å². The number of rotatable bonds is 2. The minimum absolute atomic E-state index is 0.231. The highest BCUT2D eigenvalue weighted by Crippen LogP contribution is 2.30. The fourth-order valence-corrected chi connectivity index (χ4v) is 2.44. The maximum absolute atomic E-state index is 13.0. The van der Waals surface area contributed by atoms with Gasteiger partial charge in [-0.2, -0.15) is 0 Å². The first-order chi connectivity index (χ1) is 9.19. The van der Waals surface area contributed by atoms with Crippen molar-refractivity contribution < 1.29 is 4.39 Å². The van der Waals surface area contributed by atoms with Crippen molar-refractivity contribution in [2.24, 2.45) is 5.73 Å². The lowest BCUT2D eigenvalue weighted by Gasteiger charge is -2.02. The van der Waals surface area contributed by atoms with E-state index in [9.17, 15) is 4.39 Å². The Morgan fingerprint density at radius 3 is 2.53 bits per heavy atom. The lowest BCUT2D eigenvalue weighted by Crippen LogP contribution is -1.97. The molecule has 1 heterocycles. The molecule has 3 rings (SSSR count). The SMILES string of the molecule is Cc1ccc2[nH]c(-c3ccc(F)cc3)c(CN)c2c1. The summed E-state index contributed by atoms with van der Waals surface area (Å²) < 4.78 is 13.0. The molecule has 3 heteroatoms. The number of aromatic nitrogens is 1. The lowest BCUT2D eigenvalue weighted by molar-refractivity contribution is 0.628. The zero-order chi connectivity index (χ0) is 13.4. The van der Waals surface area contributed by atoms with Crippen molar-refractivity contribution in [3.05, 3.63) is 59.4 Å². The van der Waals surface area contributed by atoms with Crippen LogP contribution in [0.3, 0.4) is 0 Å². The molecule has 2 nitrogen and oxygen atoms in total. The summed E-state index contributed by atoms with van der Waals surface area (Å²) in [5, 5.41) is 1.14. The minimum Gasteiger partial charge on any atom is -0.354 e. The van der Waals surface area contributed by atoms with Crippen LogP contribution in [0.1, 0.15) is 11.1 Å². The molecule has 0 aliphatic heterocycles. The van der Waals surface area contributed by atoms with E-state index < -0.39 is 0 Å². The summed E-state index contributed by atoms with van der Waals surface area (Å²) in [4.78, 5) is 3.38. The Bertz CT molecular complexity index is 726. The van der Waals surface area contributed by atoms with Gasteiger partial charge in [0.15, 0.2) is 0 Å². The van der Waals surface area contributed by atoms with Crippen molar-refractivity contribution in [1.29, 1.82) is 0 Å². The van der Waals surface area contributed by atoms with E-state index in [0.717, 1.165) is 27.7 Å². The third kappa shape index (κ3) is 2.02. The van der Waals surface area contributed by atoms with Crippen LogP contribution in [0.15, 0.2) is 42.5 Å². The van der Waals surface area contributed by atoms with E-state index in [4.69, 9.17) is 5.73 Å². The van der Waals surface area contributed by atoms with E-state index >= 15 is 0 Å². The monoisotopic (exact) mass is 254 g/mol. The van der Waals surface area contributed by atoms with Gasteiger partial charge in [-0.25, -0.2) is 4.39 Å². The van der Waals surface area contributed by atoms with Gasteiger partial charge in [0.1, 0.15) is 5.82 Å². The van der Waals surface area contributed by atoms with Gasteiger partial charge in [-0.15, -0.1) is 0 Å². The van der Waals surface area contributed by atoms with E-state index in [1.807, 2.05) is 0 Å². The van der Waals surface area contributed by atoms with Crippen LogP contribution in [-0.4, -0.2) is 4.98 Å². The Labute approximate surface area is 111 Å². The van der Waals surface area contributed by atoms with Crippen molar-refractivity contribution in [3.63, 3.8) is 0 Å². The Morgan fingerprint density at radius 2 is 1.84 bits per heavy atom. The van der Waals surface area contributed by atoms with Gasteiger partial charge in [0.25, 0.3) is 0 Å². The highest BCUT2D eigenvalue weighted by atomic mass is 19.1. The number of nitrogens with two attached hydrogens (primary N) is 1. The third-order valence-corrected chi connectivity index (χ3v) is 3.40. The Hall–Kier alpha value is -2.13. The zero-order valence-corrected chi connectivity index (χ0v) is 10.7. The molecule has 19 heavy (non-hydrogen) atoms. The van der Waals surface area contributed by atoms with Gasteiger partial charge < -0.3 is 10.7 Å². The van der Waals surface area contributed by atoms with E-state index in [1.54, 1.807) is 12.1 Å². The van der Waals surface area contributed by atoms with E-state index in [-0.39, 0.29) is 5.82 Å². The number of fused-ring (bicyclic) bond motifs is 1. The van der Waals surface area contributed by atoms with Crippen LogP contribution in [0.4, 0.5) is 4.39 Å². The van der Waals surface area contributed by atoms with Crippen molar-refractivity contribution >= 4 is 10.9 Å². The summed E-state index contributed by atoms with van der Waals surface area (Å²) in [6.45, 7) is 2.51. The lowest BCUT2D eigenvalue weighted by atomic mass is 10.0. The number of halogens is 1. The molecular formula is C16H15FN2. The summed E-state index contributed by atoms with van der Waals surface area (Å²) in [5.41, 5.74) is 11.1. The molecule has 0 aliphatic rings. The highest BCUT2D eigenvalue weighted by Gasteiger charge is 2.11. The van der Waals surface area contributed by atoms with Crippen molar-refractivity contribution in [2.75, 3.05) is 0 Å². The molecule has 1 aromatic heterocycles. The van der Waals surface area contributed by atoms with E-state index in [1.165, 1.54) is 17.7 Å². The fraction of sp³-hybridized carbons (Fsp3) is 0.125. The predicted molar refractivity (Wildman–Crippen MR) is 76.3 cm³/mol. The average molecular weight is 254 g/mol. The molecule has 0 atom stereocenters. The smallest absolute Gasteiger partial charge is 0.123 e. The summed E-state index contributed by atoms with van der Waals surface area (Å²) in [6, 6.07) is 12.7. The average Bonchev–Trinajstić information content (AvgIpc) is 2.77. The first-order valence-electron chi connectivity index (χ1n) is 6.26. The standard InChI is InChI=1S/C16H15FN2/c1-10-2-7-15-13(8-10)14(9-18)16(19-15)11-3-5-12(17)6-4-11/h2-8,19H,9,18H2,1H3. The molecule has 0 saturated carbocycles. The molecule has 2 aromatic carbocycles. The second-order valence-electron chi connectivity index (χ2n) is 4.74. The molecular weight excluding hydrogens is 239 g/mol. The highest BCUT2D eigenvalue weighted by molar-refractivity contribution is 5.91. The summed E-state index contributed by atoms with van der Waals surface area (Å²) in [6.07, 6.45) is 0. The normalized spacial score (nSPS) is 11.1. The number of hydrogen-bond donors (Lipinski definition) is 2. The first kappa shape index (κ1) is 11.9. The largest absolute Gasteiger partial charge is 0.354 e. The fourth-order valence-electron chi connectivity index (χ4n) is 2.44. The predicted octanol–water partition coefficient (Wildman–Crippen LogP) is 3.74. The van der Waals surface area contributed by atoms with Gasteiger partial charge >= 0.3 is 0 Å². The maximum atomic E-state index is 13.0. The number of benzene rings is 2. The maximum Gasteiger partial charge on any atom is 0.123 e. The molecule has 3 N–H and O–H groups in total. The van der Waals surface area contributed by atoms with E-state index in [2.05, 4.69) is 30.1 Å². The van der Waals surface area contributed by atoms with E-state index in [0.29, 0.717) is 6.54 Å². The van der Waals surface area contributed by atoms with Gasteiger partial charge in [0.05, 0.1) is 5.69 Å². The number of hydrogen-bond acceptors (Lipinski definition) is 1. The van der Waals surface area contributed by atoms with Crippen LogP contribution in [0.5, 0.6) is 0 Å². The van der Waals surface area contributed by atoms with Gasteiger partial charge in [0.2, 0.25) is 0 Å². The third-order valence-electron chi connectivity index (χ3n) is 3.40. The Kier molecular flexibility index (Phi) is 2.84. The Balaban J connectivity index is 2.25. The molecule has 0 aliphatic carbocycles. The number of aryl methyl sites for hydroxylation is 1. The van der Waals surface area contributed by atoms with Gasteiger partial charge in [-0.3, -0.25) is 0 Å². The topological polar surface area (TPSA) is 41.8 Å². The zero-order valence-electron chi connectivity index (χ0n) is 10.7. The number of nitrogens with one attached hydrogen (secondary N) is 1. The van der Waals surface area contributed by atoms with Crippen LogP contribution < -0.4 is 5.73 Å². The van der Waals surface area contributed by atoms with Crippen LogP contribution in [-0.2, 0) is 6.54 Å². The van der Waals surface area contributed by atoms with Crippen molar-refractivity contribution in [3.8, 4) is 11.3 Å². The van der Waals surface area contributed by atoms with Gasteiger partial charge in [-0.1, -0.05) is 11.6 Å². The molecule has 0 amide bonds. The summed E-state index contributed by atoms with van der Waals surface area (Å²) >= 11 is 0. The number of aromatic amines is 1. The molecule has 96 valence electrons. The van der Waals surface area contributed by atoms with Crippen LogP contribution in [0.25, 0.3) is 22.2 Å². The van der Waals surface area contributed by atoms with Crippen LogP contribution >= 0.6 is 0 Å². The van der Waals surface area contributed by atoms with Crippen molar-refractivity contribution in [1.82, 2.24) is 4.98 Å². The molecule has 0 radical (unpaired) electrons. The summed E-state index contributed by atoms with van der Waals surface area (Å²) in [5.74, 6) is -0.231. The Morgan fingerprint density at radius 1 is 1.11 bits per heavy atom. The molecule has 0 saturated heterocycles.